The summed E-state index contributed by atoms with van der Waals surface area (Å²) in [6.07, 6.45) is -4.50. The molecule has 0 fully saturated rings. The van der Waals surface area contributed by atoms with E-state index in [1.54, 1.807) is 0 Å². The van der Waals surface area contributed by atoms with Crippen LogP contribution in [-0.2, 0) is 6.18 Å². The summed E-state index contributed by atoms with van der Waals surface area (Å²) < 4.78 is 67.2. The maximum Gasteiger partial charge on any atom is 0.416 e. The zero-order valence-electron chi connectivity index (χ0n) is 13.5. The molecule has 2 aromatic carbocycles. The lowest BCUT2D eigenvalue weighted by Gasteiger charge is -2.19. The van der Waals surface area contributed by atoms with Gasteiger partial charge in [0.05, 0.1) is 22.5 Å². The van der Waals surface area contributed by atoms with Gasteiger partial charge in [0.25, 0.3) is 5.95 Å². The van der Waals surface area contributed by atoms with Crippen LogP contribution in [0.15, 0.2) is 36.4 Å². The lowest BCUT2D eigenvalue weighted by atomic mass is 10.2. The molecule has 3 rings (SSSR count). The van der Waals surface area contributed by atoms with Crippen molar-refractivity contribution in [2.45, 2.75) is 6.18 Å². The fraction of sp³-hybridized carbons (Fsp3) is 0.125. The number of alkyl halides is 3. The van der Waals surface area contributed by atoms with Crippen molar-refractivity contribution < 1.29 is 22.0 Å². The number of hydrogen-bond acceptors (Lipinski definition) is 5. The summed E-state index contributed by atoms with van der Waals surface area (Å²) in [6.45, 7) is 0. The minimum absolute atomic E-state index is 0.0715. The molecule has 1 aromatic heterocycles. The lowest BCUT2D eigenvalue weighted by Crippen LogP contribution is -2.17. The van der Waals surface area contributed by atoms with E-state index < -0.39 is 28.9 Å². The van der Waals surface area contributed by atoms with E-state index in [0.29, 0.717) is 0 Å². The summed E-state index contributed by atoms with van der Waals surface area (Å²) in [6, 6.07) is 7.05. The number of benzene rings is 2. The Hall–Kier alpha value is -3.55. The van der Waals surface area contributed by atoms with Crippen molar-refractivity contribution in [1.82, 2.24) is 20.2 Å². The van der Waals surface area contributed by atoms with Gasteiger partial charge in [0.15, 0.2) is 0 Å². The molecule has 0 amide bonds. The monoisotopic (exact) mass is 380 g/mol. The van der Waals surface area contributed by atoms with Crippen molar-refractivity contribution in [2.75, 3.05) is 11.9 Å². The Kier molecular flexibility index (Phi) is 4.49. The second-order valence-electron chi connectivity index (χ2n) is 5.39. The van der Waals surface area contributed by atoms with Crippen molar-refractivity contribution in [2.24, 2.45) is 0 Å². The SMILES string of the molecule is CN(c1cc(F)c(C#N)cc1F)c1nnnn1-c1ccc(C(F)(F)F)cc1. The normalized spacial score (nSPS) is 11.3. The third-order valence-corrected chi connectivity index (χ3v) is 3.71. The molecule has 0 bridgehead atoms. The van der Waals surface area contributed by atoms with Crippen molar-refractivity contribution in [3.63, 3.8) is 0 Å². The van der Waals surface area contributed by atoms with Gasteiger partial charge in [-0.2, -0.15) is 23.1 Å². The number of nitriles is 1. The quantitative estimate of drug-likeness (QED) is 0.650. The van der Waals surface area contributed by atoms with Gasteiger partial charge < -0.3 is 4.90 Å². The van der Waals surface area contributed by atoms with Crippen molar-refractivity contribution in [1.29, 1.82) is 5.26 Å². The van der Waals surface area contributed by atoms with Crippen LogP contribution in [0.2, 0.25) is 0 Å². The van der Waals surface area contributed by atoms with Gasteiger partial charge in [0.2, 0.25) is 0 Å². The summed E-state index contributed by atoms with van der Waals surface area (Å²) in [5, 5.41) is 19.6. The molecule has 1 heterocycles. The largest absolute Gasteiger partial charge is 0.416 e. The van der Waals surface area contributed by atoms with Gasteiger partial charge in [0, 0.05) is 13.1 Å². The molecule has 0 saturated heterocycles. The van der Waals surface area contributed by atoms with Crippen LogP contribution in [0.1, 0.15) is 11.1 Å². The average molecular weight is 380 g/mol. The van der Waals surface area contributed by atoms with Crippen molar-refractivity contribution in [3.05, 3.63) is 59.2 Å². The second-order valence-corrected chi connectivity index (χ2v) is 5.39. The van der Waals surface area contributed by atoms with E-state index in [-0.39, 0.29) is 17.3 Å². The Balaban J connectivity index is 2.00. The summed E-state index contributed by atoms with van der Waals surface area (Å²) in [5.41, 5.74) is -1.39. The summed E-state index contributed by atoms with van der Waals surface area (Å²) in [5.74, 6) is -1.90. The minimum Gasteiger partial charge on any atom is -0.309 e. The topological polar surface area (TPSA) is 70.6 Å². The predicted molar refractivity (Wildman–Crippen MR) is 83.3 cm³/mol. The smallest absolute Gasteiger partial charge is 0.309 e. The molecule has 0 saturated carbocycles. The number of aromatic nitrogens is 4. The molecule has 0 N–H and O–H groups in total. The van der Waals surface area contributed by atoms with Crippen LogP contribution in [-0.4, -0.2) is 27.3 Å². The van der Waals surface area contributed by atoms with Gasteiger partial charge in [-0.25, -0.2) is 8.78 Å². The molecule has 3 aromatic rings. The standard InChI is InChI=1S/C16H9F5N6/c1-26(14-7-12(17)9(8-22)6-13(14)18)15-23-24-25-27(15)11-4-2-10(3-5-11)16(19,20)21/h2-7H,1H3. The minimum atomic E-state index is -4.50. The van der Waals surface area contributed by atoms with E-state index in [1.807, 2.05) is 0 Å². The first kappa shape index (κ1) is 18.2. The van der Waals surface area contributed by atoms with E-state index in [1.165, 1.54) is 13.1 Å². The highest BCUT2D eigenvalue weighted by Crippen LogP contribution is 2.31. The highest BCUT2D eigenvalue weighted by atomic mass is 19.4. The first-order valence-electron chi connectivity index (χ1n) is 7.31. The van der Waals surface area contributed by atoms with E-state index in [4.69, 9.17) is 5.26 Å². The van der Waals surface area contributed by atoms with E-state index in [2.05, 4.69) is 15.5 Å². The molecule has 0 aliphatic carbocycles. The van der Waals surface area contributed by atoms with Crippen molar-refractivity contribution in [3.8, 4) is 11.8 Å². The molecule has 0 atom stereocenters. The highest BCUT2D eigenvalue weighted by molar-refractivity contribution is 5.60. The number of hydrogen-bond donors (Lipinski definition) is 0. The average Bonchev–Trinajstić information content (AvgIpc) is 3.11. The zero-order chi connectivity index (χ0) is 19.8. The molecule has 0 unspecified atom stereocenters. The first-order chi connectivity index (χ1) is 12.7. The molecule has 0 aliphatic rings. The summed E-state index contributed by atoms with van der Waals surface area (Å²) in [7, 11) is 1.34. The first-order valence-corrected chi connectivity index (χ1v) is 7.31. The maximum atomic E-state index is 14.2. The number of tetrazole rings is 1. The highest BCUT2D eigenvalue weighted by Gasteiger charge is 2.30. The fourth-order valence-corrected chi connectivity index (χ4v) is 2.34. The summed E-state index contributed by atoms with van der Waals surface area (Å²) >= 11 is 0. The van der Waals surface area contributed by atoms with Crippen LogP contribution < -0.4 is 4.90 Å². The van der Waals surface area contributed by atoms with Gasteiger partial charge in [-0.15, -0.1) is 0 Å². The van der Waals surface area contributed by atoms with Gasteiger partial charge in [0.1, 0.15) is 17.7 Å². The Bertz CT molecular complexity index is 1020. The van der Waals surface area contributed by atoms with Gasteiger partial charge >= 0.3 is 6.18 Å². The molecular formula is C16H9F5N6. The third kappa shape index (κ3) is 3.41. The van der Waals surface area contributed by atoms with Crippen molar-refractivity contribution >= 4 is 11.6 Å². The maximum absolute atomic E-state index is 14.2. The van der Waals surface area contributed by atoms with Crippen LogP contribution in [0.3, 0.4) is 0 Å². The van der Waals surface area contributed by atoms with Crippen LogP contribution >= 0.6 is 0 Å². The van der Waals surface area contributed by atoms with Gasteiger partial charge in [-0.05, 0) is 40.8 Å². The van der Waals surface area contributed by atoms with E-state index in [9.17, 15) is 22.0 Å². The Morgan fingerprint density at radius 3 is 2.33 bits per heavy atom. The second kappa shape index (κ2) is 6.64. The predicted octanol–water partition coefficient (Wildman–Crippen LogP) is 3.60. The van der Waals surface area contributed by atoms with E-state index >= 15 is 0 Å². The third-order valence-electron chi connectivity index (χ3n) is 3.71. The zero-order valence-corrected chi connectivity index (χ0v) is 13.5. The van der Waals surface area contributed by atoms with Crippen LogP contribution in [0.25, 0.3) is 5.69 Å². The molecule has 0 spiro atoms. The molecule has 11 heteroatoms. The summed E-state index contributed by atoms with van der Waals surface area (Å²) in [4.78, 5) is 1.11. The Morgan fingerprint density at radius 2 is 1.74 bits per heavy atom. The van der Waals surface area contributed by atoms with Crippen LogP contribution in [0.5, 0.6) is 0 Å². The number of anilines is 2. The Labute approximate surface area is 149 Å². The van der Waals surface area contributed by atoms with Crippen LogP contribution in [0, 0.1) is 23.0 Å². The lowest BCUT2D eigenvalue weighted by molar-refractivity contribution is -0.137. The molecule has 6 nitrogen and oxygen atoms in total. The molecule has 0 radical (unpaired) electrons. The van der Waals surface area contributed by atoms with Crippen LogP contribution in [0.4, 0.5) is 33.6 Å². The molecule has 0 aliphatic heterocycles. The number of rotatable bonds is 3. The molecule has 27 heavy (non-hydrogen) atoms. The number of nitrogens with zero attached hydrogens (tertiary/aromatic N) is 6. The molecular weight excluding hydrogens is 371 g/mol. The van der Waals surface area contributed by atoms with E-state index in [0.717, 1.165) is 46.0 Å². The van der Waals surface area contributed by atoms with Gasteiger partial charge in [-0.1, -0.05) is 5.10 Å². The van der Waals surface area contributed by atoms with Gasteiger partial charge in [-0.3, -0.25) is 0 Å². The Morgan fingerprint density at radius 1 is 1.07 bits per heavy atom. The fourth-order valence-electron chi connectivity index (χ4n) is 2.34. The number of halogens is 5. The molecule has 138 valence electrons.